The molecular formula is C23H27N5O. The molecule has 0 spiro atoms. The van der Waals surface area contributed by atoms with Crippen LogP contribution in [0.1, 0.15) is 54.4 Å². The predicted octanol–water partition coefficient (Wildman–Crippen LogP) is 4.15. The van der Waals surface area contributed by atoms with E-state index in [2.05, 4.69) is 35.4 Å². The zero-order valence-electron chi connectivity index (χ0n) is 17.2. The first-order chi connectivity index (χ1) is 14.0. The maximum Gasteiger partial charge on any atom is 0.254 e. The summed E-state index contributed by atoms with van der Waals surface area (Å²) in [6.07, 6.45) is 3.76. The molecule has 1 aromatic heterocycles. The number of aryl methyl sites for hydroxylation is 1. The Bertz CT molecular complexity index is 989. The van der Waals surface area contributed by atoms with Crippen molar-refractivity contribution < 1.29 is 4.79 Å². The lowest BCUT2D eigenvalue weighted by Gasteiger charge is -2.44. The molecule has 1 aliphatic rings. The number of para-hydroxylation sites is 1. The molecule has 1 aliphatic carbocycles. The highest BCUT2D eigenvalue weighted by Crippen LogP contribution is 2.43. The standard InChI is InChI=1S/C23H27N5O/c1-17-13-15-23(16-14-17,27(3)21(29)19-10-5-4-6-11-19)22-24-25-26-28(22)20-12-8-7-9-18(20)2/h4-12,17H,13-16H2,1-3H3. The topological polar surface area (TPSA) is 63.9 Å². The summed E-state index contributed by atoms with van der Waals surface area (Å²) in [5, 5.41) is 12.8. The molecule has 0 atom stereocenters. The van der Waals surface area contributed by atoms with Crippen molar-refractivity contribution in [3.8, 4) is 5.69 Å². The van der Waals surface area contributed by atoms with Gasteiger partial charge in [-0.05, 0) is 72.7 Å². The summed E-state index contributed by atoms with van der Waals surface area (Å²) in [5.74, 6) is 1.37. The van der Waals surface area contributed by atoms with E-state index < -0.39 is 5.54 Å². The SMILES string of the molecule is Cc1ccccc1-n1nnnc1C1(N(C)C(=O)c2ccccc2)CCC(C)CC1. The van der Waals surface area contributed by atoms with Gasteiger partial charge in [-0.2, -0.15) is 4.68 Å². The van der Waals surface area contributed by atoms with Gasteiger partial charge in [0.1, 0.15) is 5.54 Å². The molecule has 0 N–H and O–H groups in total. The van der Waals surface area contributed by atoms with Crippen molar-refractivity contribution >= 4 is 5.91 Å². The van der Waals surface area contributed by atoms with Gasteiger partial charge < -0.3 is 4.90 Å². The first-order valence-electron chi connectivity index (χ1n) is 10.2. The molecule has 1 heterocycles. The molecule has 6 heteroatoms. The van der Waals surface area contributed by atoms with E-state index in [4.69, 9.17) is 0 Å². The Morgan fingerprint density at radius 1 is 1.07 bits per heavy atom. The Hall–Kier alpha value is -3.02. The maximum absolute atomic E-state index is 13.4. The van der Waals surface area contributed by atoms with Crippen LogP contribution >= 0.6 is 0 Å². The fraction of sp³-hybridized carbons (Fsp3) is 0.391. The van der Waals surface area contributed by atoms with E-state index in [9.17, 15) is 4.79 Å². The van der Waals surface area contributed by atoms with Crippen LogP contribution in [0, 0.1) is 12.8 Å². The molecular weight excluding hydrogens is 362 g/mol. The Kier molecular flexibility index (Phi) is 5.18. The number of carbonyl (C=O) groups excluding carboxylic acids is 1. The average Bonchev–Trinajstić information content (AvgIpc) is 3.24. The number of carbonyl (C=O) groups is 1. The third kappa shape index (κ3) is 3.43. The number of hydrogen-bond acceptors (Lipinski definition) is 4. The smallest absolute Gasteiger partial charge is 0.254 e. The Balaban J connectivity index is 1.81. The molecule has 150 valence electrons. The van der Waals surface area contributed by atoms with Gasteiger partial charge in [0.25, 0.3) is 5.91 Å². The highest BCUT2D eigenvalue weighted by molar-refractivity contribution is 5.94. The van der Waals surface area contributed by atoms with Gasteiger partial charge in [0.05, 0.1) is 5.69 Å². The molecule has 29 heavy (non-hydrogen) atoms. The summed E-state index contributed by atoms with van der Waals surface area (Å²) >= 11 is 0. The van der Waals surface area contributed by atoms with E-state index in [0.29, 0.717) is 11.5 Å². The minimum absolute atomic E-state index is 0.000475. The van der Waals surface area contributed by atoms with E-state index in [1.807, 2.05) is 65.2 Å². The number of nitrogens with zero attached hydrogens (tertiary/aromatic N) is 5. The molecule has 1 amide bonds. The second-order valence-electron chi connectivity index (χ2n) is 8.15. The Morgan fingerprint density at radius 2 is 1.72 bits per heavy atom. The summed E-state index contributed by atoms with van der Waals surface area (Å²) in [5.41, 5.74) is 2.19. The third-order valence-corrected chi connectivity index (χ3v) is 6.30. The van der Waals surface area contributed by atoms with E-state index in [1.54, 1.807) is 0 Å². The predicted molar refractivity (Wildman–Crippen MR) is 112 cm³/mol. The fourth-order valence-corrected chi connectivity index (χ4v) is 4.36. The quantitative estimate of drug-likeness (QED) is 0.672. The van der Waals surface area contributed by atoms with Crippen molar-refractivity contribution in [2.45, 2.75) is 45.1 Å². The second kappa shape index (κ2) is 7.78. The van der Waals surface area contributed by atoms with Crippen LogP contribution in [0.15, 0.2) is 54.6 Å². The number of amides is 1. The van der Waals surface area contributed by atoms with Crippen molar-refractivity contribution in [3.05, 3.63) is 71.5 Å². The molecule has 1 saturated carbocycles. The molecule has 0 radical (unpaired) electrons. The monoisotopic (exact) mass is 389 g/mol. The van der Waals surface area contributed by atoms with Crippen LogP contribution in [0.25, 0.3) is 5.69 Å². The lowest BCUT2D eigenvalue weighted by Crippen LogP contribution is -2.50. The lowest BCUT2D eigenvalue weighted by molar-refractivity contribution is 0.0327. The van der Waals surface area contributed by atoms with E-state index in [1.165, 1.54) is 0 Å². The van der Waals surface area contributed by atoms with Crippen LogP contribution in [0.3, 0.4) is 0 Å². The molecule has 4 rings (SSSR count). The van der Waals surface area contributed by atoms with Crippen molar-refractivity contribution in [1.29, 1.82) is 0 Å². The summed E-state index contributed by atoms with van der Waals surface area (Å²) in [6.45, 7) is 4.32. The van der Waals surface area contributed by atoms with Gasteiger partial charge in [-0.15, -0.1) is 5.10 Å². The maximum atomic E-state index is 13.4. The highest BCUT2D eigenvalue weighted by Gasteiger charge is 2.46. The number of tetrazole rings is 1. The largest absolute Gasteiger partial charge is 0.329 e. The van der Waals surface area contributed by atoms with Crippen LogP contribution < -0.4 is 0 Å². The number of aromatic nitrogens is 4. The summed E-state index contributed by atoms with van der Waals surface area (Å²) in [4.78, 5) is 15.3. The lowest BCUT2D eigenvalue weighted by atomic mass is 9.75. The Morgan fingerprint density at radius 3 is 2.41 bits per heavy atom. The normalized spacial score (nSPS) is 21.7. The van der Waals surface area contributed by atoms with Crippen LogP contribution in [0.4, 0.5) is 0 Å². The zero-order valence-corrected chi connectivity index (χ0v) is 17.2. The second-order valence-corrected chi connectivity index (χ2v) is 8.15. The Labute approximate surface area is 171 Å². The minimum Gasteiger partial charge on any atom is -0.329 e. The minimum atomic E-state index is -0.536. The molecule has 0 bridgehead atoms. The van der Waals surface area contributed by atoms with Crippen molar-refractivity contribution in [2.75, 3.05) is 7.05 Å². The van der Waals surface area contributed by atoms with Crippen LogP contribution in [0.2, 0.25) is 0 Å². The molecule has 0 unspecified atom stereocenters. The van der Waals surface area contributed by atoms with Gasteiger partial charge in [0.2, 0.25) is 0 Å². The van der Waals surface area contributed by atoms with Gasteiger partial charge in [0.15, 0.2) is 5.82 Å². The van der Waals surface area contributed by atoms with Crippen LogP contribution in [0.5, 0.6) is 0 Å². The van der Waals surface area contributed by atoms with Gasteiger partial charge in [0, 0.05) is 12.6 Å². The number of benzene rings is 2. The van der Waals surface area contributed by atoms with Gasteiger partial charge in [-0.1, -0.05) is 43.3 Å². The van der Waals surface area contributed by atoms with E-state index >= 15 is 0 Å². The summed E-state index contributed by atoms with van der Waals surface area (Å²) < 4.78 is 1.82. The molecule has 0 aliphatic heterocycles. The van der Waals surface area contributed by atoms with Crippen LogP contribution in [-0.2, 0) is 5.54 Å². The third-order valence-electron chi connectivity index (χ3n) is 6.30. The number of rotatable bonds is 4. The molecule has 1 fully saturated rings. The summed E-state index contributed by atoms with van der Waals surface area (Å²) in [7, 11) is 1.89. The molecule has 3 aromatic rings. The highest BCUT2D eigenvalue weighted by atomic mass is 16.2. The van der Waals surface area contributed by atoms with Gasteiger partial charge >= 0.3 is 0 Å². The first kappa shape index (κ1) is 19.3. The van der Waals surface area contributed by atoms with Crippen molar-refractivity contribution in [3.63, 3.8) is 0 Å². The number of hydrogen-bond donors (Lipinski definition) is 0. The molecule has 6 nitrogen and oxygen atoms in total. The van der Waals surface area contributed by atoms with Gasteiger partial charge in [-0.25, -0.2) is 0 Å². The summed E-state index contributed by atoms with van der Waals surface area (Å²) in [6, 6.07) is 17.5. The van der Waals surface area contributed by atoms with Gasteiger partial charge in [-0.3, -0.25) is 4.79 Å². The van der Waals surface area contributed by atoms with Crippen LogP contribution in [-0.4, -0.2) is 38.1 Å². The van der Waals surface area contributed by atoms with Crippen molar-refractivity contribution in [1.82, 2.24) is 25.1 Å². The van der Waals surface area contributed by atoms with E-state index in [0.717, 1.165) is 42.8 Å². The zero-order chi connectivity index (χ0) is 20.4. The van der Waals surface area contributed by atoms with E-state index in [-0.39, 0.29) is 5.91 Å². The molecule has 2 aromatic carbocycles. The van der Waals surface area contributed by atoms with Crippen molar-refractivity contribution in [2.24, 2.45) is 5.92 Å². The molecule has 0 saturated heterocycles. The average molecular weight is 390 g/mol. The fourth-order valence-electron chi connectivity index (χ4n) is 4.36. The first-order valence-corrected chi connectivity index (χ1v) is 10.2.